The van der Waals surface area contributed by atoms with Crippen LogP contribution in [0.3, 0.4) is 0 Å². The highest BCUT2D eigenvalue weighted by molar-refractivity contribution is 4.66. The van der Waals surface area contributed by atoms with Crippen molar-refractivity contribution in [2.24, 2.45) is 11.7 Å². The Bertz CT molecular complexity index is 91.8. The van der Waals surface area contributed by atoms with Crippen molar-refractivity contribution in [3.8, 4) is 0 Å². The summed E-state index contributed by atoms with van der Waals surface area (Å²) in [7, 11) is 0. The van der Waals surface area contributed by atoms with E-state index in [4.69, 9.17) is 5.73 Å². The Morgan fingerprint density at radius 3 is 2.50 bits per heavy atom. The standard InChI is InChI=1S/C10H24N2/c1-4-5-6-12-8-10(11)7-9(2)3/h9-10,12H,4-8,11H2,1-3H3. The van der Waals surface area contributed by atoms with Crippen molar-refractivity contribution in [3.05, 3.63) is 0 Å². The summed E-state index contributed by atoms with van der Waals surface area (Å²) in [4.78, 5) is 0. The number of rotatable bonds is 7. The first kappa shape index (κ1) is 11.9. The Labute approximate surface area is 76.9 Å². The summed E-state index contributed by atoms with van der Waals surface area (Å²) in [6, 6.07) is 0.335. The lowest BCUT2D eigenvalue weighted by molar-refractivity contribution is 0.465. The molecule has 2 heteroatoms. The fourth-order valence-corrected chi connectivity index (χ4v) is 1.28. The lowest BCUT2D eigenvalue weighted by Crippen LogP contribution is -2.35. The minimum absolute atomic E-state index is 0.335. The van der Waals surface area contributed by atoms with E-state index in [1.165, 1.54) is 12.8 Å². The smallest absolute Gasteiger partial charge is 0.0167 e. The quantitative estimate of drug-likeness (QED) is 0.574. The SMILES string of the molecule is CCCCNCC(N)CC(C)C. The number of hydrogen-bond acceptors (Lipinski definition) is 2. The maximum Gasteiger partial charge on any atom is 0.0167 e. The Morgan fingerprint density at radius 1 is 1.33 bits per heavy atom. The average Bonchev–Trinajstić information content (AvgIpc) is 1.97. The van der Waals surface area contributed by atoms with E-state index in [-0.39, 0.29) is 0 Å². The molecule has 1 atom stereocenters. The van der Waals surface area contributed by atoms with Gasteiger partial charge in [0.15, 0.2) is 0 Å². The van der Waals surface area contributed by atoms with Gasteiger partial charge in [0.25, 0.3) is 0 Å². The van der Waals surface area contributed by atoms with Crippen LogP contribution in [0.1, 0.15) is 40.0 Å². The first-order valence-electron chi connectivity index (χ1n) is 5.13. The minimum Gasteiger partial charge on any atom is -0.327 e. The summed E-state index contributed by atoms with van der Waals surface area (Å²) in [5.41, 5.74) is 5.89. The molecule has 0 aliphatic heterocycles. The third kappa shape index (κ3) is 8.02. The van der Waals surface area contributed by atoms with Crippen LogP contribution in [-0.2, 0) is 0 Å². The molecule has 74 valence electrons. The molecule has 0 aromatic heterocycles. The van der Waals surface area contributed by atoms with Gasteiger partial charge in [0, 0.05) is 12.6 Å². The van der Waals surface area contributed by atoms with E-state index in [1.807, 2.05) is 0 Å². The van der Waals surface area contributed by atoms with E-state index in [1.54, 1.807) is 0 Å². The van der Waals surface area contributed by atoms with E-state index < -0.39 is 0 Å². The van der Waals surface area contributed by atoms with Gasteiger partial charge in [-0.05, 0) is 25.3 Å². The molecular weight excluding hydrogens is 148 g/mol. The molecule has 0 amide bonds. The van der Waals surface area contributed by atoms with Crippen molar-refractivity contribution < 1.29 is 0 Å². The molecule has 3 N–H and O–H groups in total. The average molecular weight is 172 g/mol. The topological polar surface area (TPSA) is 38.0 Å². The highest BCUT2D eigenvalue weighted by Gasteiger charge is 2.03. The second kappa shape index (κ2) is 7.56. The Morgan fingerprint density at radius 2 is 2.00 bits per heavy atom. The van der Waals surface area contributed by atoms with Gasteiger partial charge >= 0.3 is 0 Å². The molecule has 0 aliphatic carbocycles. The highest BCUT2D eigenvalue weighted by Crippen LogP contribution is 2.01. The summed E-state index contributed by atoms with van der Waals surface area (Å²) in [5, 5.41) is 3.37. The molecule has 0 bridgehead atoms. The Balaban J connectivity index is 3.14. The molecule has 0 saturated heterocycles. The molecule has 0 fully saturated rings. The van der Waals surface area contributed by atoms with Crippen LogP contribution in [0.15, 0.2) is 0 Å². The molecule has 0 rings (SSSR count). The molecule has 2 nitrogen and oxygen atoms in total. The lowest BCUT2D eigenvalue weighted by Gasteiger charge is -2.14. The molecule has 0 heterocycles. The van der Waals surface area contributed by atoms with Crippen LogP contribution in [0.5, 0.6) is 0 Å². The van der Waals surface area contributed by atoms with Crippen LogP contribution in [0.25, 0.3) is 0 Å². The molecule has 0 saturated carbocycles. The summed E-state index contributed by atoms with van der Waals surface area (Å²) >= 11 is 0. The first-order chi connectivity index (χ1) is 5.66. The maximum atomic E-state index is 5.89. The number of nitrogens with two attached hydrogens (primary N) is 1. The first-order valence-corrected chi connectivity index (χ1v) is 5.13. The van der Waals surface area contributed by atoms with E-state index >= 15 is 0 Å². The van der Waals surface area contributed by atoms with Crippen molar-refractivity contribution in [2.75, 3.05) is 13.1 Å². The number of unbranched alkanes of at least 4 members (excludes halogenated alkanes) is 1. The number of hydrogen-bond donors (Lipinski definition) is 2. The Kier molecular flexibility index (Phi) is 7.51. The van der Waals surface area contributed by atoms with E-state index in [0.29, 0.717) is 12.0 Å². The Hall–Kier alpha value is -0.0800. The molecule has 0 radical (unpaired) electrons. The molecule has 0 spiro atoms. The van der Waals surface area contributed by atoms with Crippen LogP contribution >= 0.6 is 0 Å². The van der Waals surface area contributed by atoms with E-state index in [9.17, 15) is 0 Å². The summed E-state index contributed by atoms with van der Waals surface area (Å²) in [5.74, 6) is 0.716. The molecular formula is C10H24N2. The summed E-state index contributed by atoms with van der Waals surface area (Å²) in [6.07, 6.45) is 3.64. The largest absolute Gasteiger partial charge is 0.327 e. The second-order valence-electron chi connectivity index (χ2n) is 3.95. The highest BCUT2D eigenvalue weighted by atomic mass is 14.9. The van der Waals surface area contributed by atoms with Gasteiger partial charge in [-0.25, -0.2) is 0 Å². The van der Waals surface area contributed by atoms with Gasteiger partial charge in [-0.3, -0.25) is 0 Å². The predicted octanol–water partition coefficient (Wildman–Crippen LogP) is 1.75. The molecule has 1 unspecified atom stereocenters. The van der Waals surface area contributed by atoms with Crippen molar-refractivity contribution in [3.63, 3.8) is 0 Å². The summed E-state index contributed by atoms with van der Waals surface area (Å²) in [6.45, 7) is 8.72. The second-order valence-corrected chi connectivity index (χ2v) is 3.95. The zero-order valence-corrected chi connectivity index (χ0v) is 8.77. The fraction of sp³-hybridized carbons (Fsp3) is 1.00. The van der Waals surface area contributed by atoms with Gasteiger partial charge in [0.1, 0.15) is 0 Å². The molecule has 0 aromatic rings. The van der Waals surface area contributed by atoms with Gasteiger partial charge in [0.05, 0.1) is 0 Å². The number of nitrogens with one attached hydrogen (secondary N) is 1. The third-order valence-electron chi connectivity index (χ3n) is 1.89. The monoisotopic (exact) mass is 172 g/mol. The van der Waals surface area contributed by atoms with Crippen molar-refractivity contribution in [2.45, 2.75) is 46.1 Å². The van der Waals surface area contributed by atoms with Crippen LogP contribution in [0.4, 0.5) is 0 Å². The van der Waals surface area contributed by atoms with Crippen LogP contribution in [-0.4, -0.2) is 19.1 Å². The predicted molar refractivity (Wildman–Crippen MR) is 55.2 cm³/mol. The van der Waals surface area contributed by atoms with Gasteiger partial charge in [-0.2, -0.15) is 0 Å². The van der Waals surface area contributed by atoms with Crippen LogP contribution in [0, 0.1) is 5.92 Å². The third-order valence-corrected chi connectivity index (χ3v) is 1.89. The van der Waals surface area contributed by atoms with Crippen molar-refractivity contribution >= 4 is 0 Å². The lowest BCUT2D eigenvalue weighted by atomic mass is 10.0. The van der Waals surface area contributed by atoms with Gasteiger partial charge in [-0.15, -0.1) is 0 Å². The zero-order chi connectivity index (χ0) is 9.40. The summed E-state index contributed by atoms with van der Waals surface area (Å²) < 4.78 is 0. The molecule has 0 aliphatic rings. The van der Waals surface area contributed by atoms with E-state index in [0.717, 1.165) is 19.5 Å². The van der Waals surface area contributed by atoms with E-state index in [2.05, 4.69) is 26.1 Å². The zero-order valence-electron chi connectivity index (χ0n) is 8.77. The van der Waals surface area contributed by atoms with Crippen molar-refractivity contribution in [1.82, 2.24) is 5.32 Å². The van der Waals surface area contributed by atoms with Crippen LogP contribution < -0.4 is 11.1 Å². The minimum atomic E-state index is 0.335. The molecule has 12 heavy (non-hydrogen) atoms. The van der Waals surface area contributed by atoms with Gasteiger partial charge < -0.3 is 11.1 Å². The van der Waals surface area contributed by atoms with Gasteiger partial charge in [0.2, 0.25) is 0 Å². The van der Waals surface area contributed by atoms with Crippen LogP contribution in [0.2, 0.25) is 0 Å². The maximum absolute atomic E-state index is 5.89. The molecule has 0 aromatic carbocycles. The van der Waals surface area contributed by atoms with Crippen molar-refractivity contribution in [1.29, 1.82) is 0 Å². The fourth-order valence-electron chi connectivity index (χ4n) is 1.28. The normalized spacial score (nSPS) is 13.8. The van der Waals surface area contributed by atoms with Gasteiger partial charge in [-0.1, -0.05) is 27.2 Å².